The maximum atomic E-state index is 13.5. The van der Waals surface area contributed by atoms with Crippen LogP contribution in [0.3, 0.4) is 0 Å². The molecule has 0 aliphatic heterocycles. The van der Waals surface area contributed by atoms with Gasteiger partial charge in [-0.25, -0.2) is 0 Å². The Labute approximate surface area is 124 Å². The highest BCUT2D eigenvalue weighted by Crippen LogP contribution is 2.45. The first-order chi connectivity index (χ1) is 10.3. The second-order valence-corrected chi connectivity index (χ2v) is 4.77. The summed E-state index contributed by atoms with van der Waals surface area (Å²) in [6.07, 6.45) is -5.54. The minimum Gasteiger partial charge on any atom is -0.385 e. The van der Waals surface area contributed by atoms with Crippen LogP contribution in [0, 0.1) is 0 Å². The Morgan fingerprint density at radius 1 is 0.773 bits per heavy atom. The first kappa shape index (κ1) is 16.3. The van der Waals surface area contributed by atoms with E-state index in [1.807, 2.05) is 6.07 Å². The molecule has 1 N–H and O–H groups in total. The minimum absolute atomic E-state index is 0.0201. The number of anilines is 1. The fraction of sp³-hybridized carbons (Fsp3) is 0.250. The molecule has 0 fully saturated rings. The molecular formula is C16H14F5N. The number of hydrogen-bond donors (Lipinski definition) is 1. The van der Waals surface area contributed by atoms with E-state index < -0.39 is 17.7 Å². The number of alkyl halides is 5. The van der Waals surface area contributed by atoms with Gasteiger partial charge < -0.3 is 5.32 Å². The Morgan fingerprint density at radius 2 is 1.36 bits per heavy atom. The van der Waals surface area contributed by atoms with Gasteiger partial charge in [-0.05, 0) is 24.1 Å². The van der Waals surface area contributed by atoms with Crippen LogP contribution in [-0.4, -0.2) is 12.7 Å². The Bertz CT molecular complexity index is 607. The van der Waals surface area contributed by atoms with E-state index >= 15 is 0 Å². The van der Waals surface area contributed by atoms with Crippen molar-refractivity contribution in [1.29, 1.82) is 0 Å². The van der Waals surface area contributed by atoms with Crippen molar-refractivity contribution in [3.8, 4) is 0 Å². The molecular weight excluding hydrogens is 301 g/mol. The van der Waals surface area contributed by atoms with Crippen molar-refractivity contribution < 1.29 is 22.0 Å². The Balaban J connectivity index is 2.12. The normalized spacial score (nSPS) is 12.2. The van der Waals surface area contributed by atoms with Crippen LogP contribution in [0.2, 0.25) is 0 Å². The first-order valence-electron chi connectivity index (χ1n) is 6.64. The number of rotatable bonds is 5. The predicted molar refractivity (Wildman–Crippen MR) is 75.0 cm³/mol. The highest BCUT2D eigenvalue weighted by atomic mass is 19.4. The molecule has 22 heavy (non-hydrogen) atoms. The molecule has 0 saturated heterocycles. The van der Waals surface area contributed by atoms with Crippen LogP contribution in [0.5, 0.6) is 0 Å². The average Bonchev–Trinajstić information content (AvgIpc) is 2.47. The molecule has 0 atom stereocenters. The molecule has 0 spiro atoms. The summed E-state index contributed by atoms with van der Waals surface area (Å²) in [4.78, 5) is 0. The summed E-state index contributed by atoms with van der Waals surface area (Å²) in [5, 5.41) is 2.98. The van der Waals surface area contributed by atoms with Crippen molar-refractivity contribution in [2.24, 2.45) is 0 Å². The van der Waals surface area contributed by atoms with E-state index in [2.05, 4.69) is 5.32 Å². The first-order valence-corrected chi connectivity index (χ1v) is 6.64. The van der Waals surface area contributed by atoms with Gasteiger partial charge in [0.1, 0.15) is 0 Å². The smallest absolute Gasteiger partial charge is 0.385 e. The topological polar surface area (TPSA) is 12.0 Å². The Hall–Kier alpha value is -2.11. The van der Waals surface area contributed by atoms with E-state index in [0.717, 1.165) is 11.8 Å². The van der Waals surface area contributed by atoms with Crippen molar-refractivity contribution in [1.82, 2.24) is 0 Å². The summed E-state index contributed by atoms with van der Waals surface area (Å²) in [5.41, 5.74) is -0.229. The van der Waals surface area contributed by atoms with Crippen molar-refractivity contribution in [3.05, 3.63) is 65.7 Å². The van der Waals surface area contributed by atoms with Gasteiger partial charge in [-0.1, -0.05) is 42.5 Å². The summed E-state index contributed by atoms with van der Waals surface area (Å²) in [7, 11) is 0. The van der Waals surface area contributed by atoms with Gasteiger partial charge in [0.25, 0.3) is 0 Å². The summed E-state index contributed by atoms with van der Waals surface area (Å²) in [6, 6.07) is 13.8. The molecule has 0 bridgehead atoms. The van der Waals surface area contributed by atoms with Crippen molar-refractivity contribution in [2.45, 2.75) is 18.5 Å². The van der Waals surface area contributed by atoms with Gasteiger partial charge in [-0.3, -0.25) is 0 Å². The third-order valence-corrected chi connectivity index (χ3v) is 3.21. The van der Waals surface area contributed by atoms with Crippen LogP contribution in [-0.2, 0) is 12.3 Å². The van der Waals surface area contributed by atoms with Gasteiger partial charge in [-0.2, -0.15) is 22.0 Å². The molecule has 0 heterocycles. The third kappa shape index (κ3) is 3.55. The molecule has 0 amide bonds. The fourth-order valence-electron chi connectivity index (χ4n) is 2.09. The Morgan fingerprint density at radius 3 is 2.00 bits per heavy atom. The lowest BCUT2D eigenvalue weighted by Crippen LogP contribution is -2.34. The van der Waals surface area contributed by atoms with E-state index in [0.29, 0.717) is 0 Å². The molecule has 0 aromatic heterocycles. The molecule has 0 saturated carbocycles. The van der Waals surface area contributed by atoms with Crippen LogP contribution in [0.15, 0.2) is 54.6 Å². The standard InChI is InChI=1S/C16H14F5N/c17-15(18,16(19,20)21)14-9-5-4-6-12(14)10-11-22-13-7-2-1-3-8-13/h1-9,22H,10-11H2. The van der Waals surface area contributed by atoms with Gasteiger partial charge in [0.2, 0.25) is 0 Å². The van der Waals surface area contributed by atoms with Crippen LogP contribution >= 0.6 is 0 Å². The summed E-state index contributed by atoms with van der Waals surface area (Å²) >= 11 is 0. The van der Waals surface area contributed by atoms with Gasteiger partial charge in [0.15, 0.2) is 0 Å². The fourth-order valence-corrected chi connectivity index (χ4v) is 2.09. The molecule has 118 valence electrons. The zero-order chi connectivity index (χ0) is 16.2. The van der Waals surface area contributed by atoms with Crippen molar-refractivity contribution >= 4 is 5.69 Å². The van der Waals surface area contributed by atoms with E-state index in [9.17, 15) is 22.0 Å². The van der Waals surface area contributed by atoms with Crippen molar-refractivity contribution in [3.63, 3.8) is 0 Å². The lowest BCUT2D eigenvalue weighted by molar-refractivity contribution is -0.289. The SMILES string of the molecule is FC(F)(F)C(F)(F)c1ccccc1CCNc1ccccc1. The minimum atomic E-state index is -5.60. The molecule has 0 radical (unpaired) electrons. The van der Waals surface area contributed by atoms with E-state index in [-0.39, 0.29) is 18.5 Å². The molecule has 2 rings (SSSR count). The van der Waals surface area contributed by atoms with Crippen LogP contribution < -0.4 is 5.32 Å². The molecule has 2 aromatic carbocycles. The largest absolute Gasteiger partial charge is 0.458 e. The number of hydrogen-bond acceptors (Lipinski definition) is 1. The summed E-state index contributed by atoms with van der Waals surface area (Å²) in [6.45, 7) is 0.259. The van der Waals surface area contributed by atoms with Gasteiger partial charge in [0.05, 0.1) is 0 Å². The van der Waals surface area contributed by atoms with E-state index in [1.165, 1.54) is 18.2 Å². The van der Waals surface area contributed by atoms with Gasteiger partial charge in [0, 0.05) is 17.8 Å². The zero-order valence-corrected chi connectivity index (χ0v) is 11.5. The average molecular weight is 315 g/mol. The van der Waals surface area contributed by atoms with Crippen molar-refractivity contribution in [2.75, 3.05) is 11.9 Å². The van der Waals surface area contributed by atoms with Gasteiger partial charge in [-0.15, -0.1) is 0 Å². The number of halogens is 5. The molecule has 0 aliphatic carbocycles. The van der Waals surface area contributed by atoms with E-state index in [1.54, 1.807) is 24.3 Å². The van der Waals surface area contributed by atoms with Crippen LogP contribution in [0.4, 0.5) is 27.6 Å². The molecule has 2 aromatic rings. The monoisotopic (exact) mass is 315 g/mol. The maximum Gasteiger partial charge on any atom is 0.458 e. The highest BCUT2D eigenvalue weighted by molar-refractivity contribution is 5.43. The molecule has 6 heteroatoms. The van der Waals surface area contributed by atoms with Crippen LogP contribution in [0.25, 0.3) is 0 Å². The summed E-state index contributed by atoms with van der Waals surface area (Å²) in [5.74, 6) is -4.85. The zero-order valence-electron chi connectivity index (χ0n) is 11.5. The highest BCUT2D eigenvalue weighted by Gasteiger charge is 2.59. The predicted octanol–water partition coefficient (Wildman–Crippen LogP) is 5.00. The van der Waals surface area contributed by atoms with Crippen LogP contribution in [0.1, 0.15) is 11.1 Å². The lowest BCUT2D eigenvalue weighted by atomic mass is 9.98. The quantitative estimate of drug-likeness (QED) is 0.766. The Kier molecular flexibility index (Phi) is 4.68. The molecule has 0 unspecified atom stereocenters. The number of para-hydroxylation sites is 1. The molecule has 0 aliphatic rings. The summed E-state index contributed by atoms with van der Waals surface area (Å²) < 4.78 is 64.6. The lowest BCUT2D eigenvalue weighted by Gasteiger charge is -2.22. The molecule has 1 nitrogen and oxygen atoms in total. The number of benzene rings is 2. The number of nitrogens with one attached hydrogen (secondary N) is 1. The third-order valence-electron chi connectivity index (χ3n) is 3.21. The maximum absolute atomic E-state index is 13.5. The second-order valence-electron chi connectivity index (χ2n) is 4.77. The van der Waals surface area contributed by atoms with E-state index in [4.69, 9.17) is 0 Å². The second kappa shape index (κ2) is 6.34. The van der Waals surface area contributed by atoms with Gasteiger partial charge >= 0.3 is 12.1 Å².